The molecule has 0 fully saturated rings. The zero-order valence-corrected chi connectivity index (χ0v) is 10.6. The summed E-state index contributed by atoms with van der Waals surface area (Å²) in [4.78, 5) is 1.95. The van der Waals surface area contributed by atoms with Crippen LogP contribution in [-0.4, -0.2) is 7.05 Å². The minimum atomic E-state index is -0.406. The van der Waals surface area contributed by atoms with E-state index in [9.17, 15) is 4.39 Å². The topological polar surface area (TPSA) is 53.0 Å². The average molecular weight is 255 g/mol. The first-order chi connectivity index (χ1) is 9.10. The van der Waals surface area contributed by atoms with E-state index in [1.54, 1.807) is 24.3 Å². The summed E-state index contributed by atoms with van der Waals surface area (Å²) < 4.78 is 13.4. The molecule has 0 heterocycles. The Bertz CT molecular complexity index is 632. The van der Waals surface area contributed by atoms with Crippen LogP contribution in [-0.2, 0) is 6.54 Å². The molecule has 19 heavy (non-hydrogen) atoms. The fourth-order valence-electron chi connectivity index (χ4n) is 1.85. The molecule has 0 atom stereocenters. The van der Waals surface area contributed by atoms with Crippen LogP contribution in [0.4, 0.5) is 15.8 Å². The first-order valence-corrected chi connectivity index (χ1v) is 5.85. The molecule has 0 spiro atoms. The number of benzene rings is 2. The molecule has 0 unspecified atom stereocenters. The van der Waals surface area contributed by atoms with Gasteiger partial charge >= 0.3 is 0 Å². The molecule has 0 aliphatic rings. The van der Waals surface area contributed by atoms with Crippen LogP contribution in [0.5, 0.6) is 0 Å². The van der Waals surface area contributed by atoms with Gasteiger partial charge in [0.15, 0.2) is 0 Å². The molecule has 0 saturated heterocycles. The van der Waals surface area contributed by atoms with Crippen molar-refractivity contribution in [1.82, 2.24) is 0 Å². The molecular formula is C15H14FN3. The summed E-state index contributed by atoms with van der Waals surface area (Å²) in [6.07, 6.45) is 0. The van der Waals surface area contributed by atoms with Crippen molar-refractivity contribution in [2.75, 3.05) is 17.7 Å². The van der Waals surface area contributed by atoms with Crippen LogP contribution in [0, 0.1) is 17.1 Å². The molecule has 2 N–H and O–H groups in total. The third-order valence-electron chi connectivity index (χ3n) is 2.90. The van der Waals surface area contributed by atoms with Gasteiger partial charge in [-0.2, -0.15) is 5.26 Å². The van der Waals surface area contributed by atoms with Crippen LogP contribution < -0.4 is 10.6 Å². The van der Waals surface area contributed by atoms with Crippen LogP contribution in [0.2, 0.25) is 0 Å². The number of hydrogen-bond acceptors (Lipinski definition) is 3. The van der Waals surface area contributed by atoms with Crippen LogP contribution in [0.25, 0.3) is 0 Å². The summed E-state index contributed by atoms with van der Waals surface area (Å²) in [6, 6.07) is 14.2. The minimum Gasteiger partial charge on any atom is -0.396 e. The standard InChI is InChI=1S/C15H14FN3/c1-19(13-4-2-3-11(7-13)9-17)10-12-5-6-15(18)14(16)8-12/h2-8H,10,18H2,1H3. The van der Waals surface area contributed by atoms with Gasteiger partial charge in [0.1, 0.15) is 5.82 Å². The van der Waals surface area contributed by atoms with E-state index in [-0.39, 0.29) is 5.69 Å². The van der Waals surface area contributed by atoms with Gasteiger partial charge in [-0.05, 0) is 35.9 Å². The van der Waals surface area contributed by atoms with Gasteiger partial charge in [-0.15, -0.1) is 0 Å². The van der Waals surface area contributed by atoms with E-state index in [4.69, 9.17) is 11.0 Å². The molecule has 0 saturated carbocycles. The molecule has 0 amide bonds. The van der Waals surface area contributed by atoms with Gasteiger partial charge in [-0.3, -0.25) is 0 Å². The fourth-order valence-corrected chi connectivity index (χ4v) is 1.85. The van der Waals surface area contributed by atoms with Crippen molar-refractivity contribution >= 4 is 11.4 Å². The second-order valence-corrected chi connectivity index (χ2v) is 4.37. The molecule has 0 aliphatic carbocycles. The Morgan fingerprint density at radius 1 is 1.26 bits per heavy atom. The maximum Gasteiger partial charge on any atom is 0.146 e. The molecule has 3 nitrogen and oxygen atoms in total. The summed E-state index contributed by atoms with van der Waals surface area (Å²) in [6.45, 7) is 0.548. The van der Waals surface area contributed by atoms with E-state index in [1.807, 2.05) is 24.1 Å². The van der Waals surface area contributed by atoms with Gasteiger partial charge < -0.3 is 10.6 Å². The lowest BCUT2D eigenvalue weighted by Gasteiger charge is -2.19. The monoisotopic (exact) mass is 255 g/mol. The second kappa shape index (κ2) is 5.40. The number of rotatable bonds is 3. The van der Waals surface area contributed by atoms with E-state index < -0.39 is 5.82 Å². The normalized spacial score (nSPS) is 9.95. The molecule has 0 aliphatic heterocycles. The highest BCUT2D eigenvalue weighted by Gasteiger charge is 2.05. The molecule has 4 heteroatoms. The Labute approximate surface area is 111 Å². The summed E-state index contributed by atoms with van der Waals surface area (Å²) in [7, 11) is 1.89. The SMILES string of the molecule is CN(Cc1ccc(N)c(F)c1)c1cccc(C#N)c1. The Balaban J connectivity index is 2.18. The van der Waals surface area contributed by atoms with Crippen LogP contribution in [0.3, 0.4) is 0 Å². The van der Waals surface area contributed by atoms with Crippen molar-refractivity contribution in [2.24, 2.45) is 0 Å². The summed E-state index contributed by atoms with van der Waals surface area (Å²) in [5, 5.41) is 8.87. The lowest BCUT2D eigenvalue weighted by atomic mass is 10.1. The molecular weight excluding hydrogens is 241 g/mol. The highest BCUT2D eigenvalue weighted by Crippen LogP contribution is 2.18. The van der Waals surface area contributed by atoms with Crippen LogP contribution in [0.1, 0.15) is 11.1 Å². The van der Waals surface area contributed by atoms with Gasteiger partial charge in [-0.25, -0.2) is 4.39 Å². The van der Waals surface area contributed by atoms with E-state index in [0.29, 0.717) is 12.1 Å². The Kier molecular flexibility index (Phi) is 3.67. The number of nitrogens with zero attached hydrogens (tertiary/aromatic N) is 2. The van der Waals surface area contributed by atoms with Gasteiger partial charge in [-0.1, -0.05) is 12.1 Å². The average Bonchev–Trinajstić information content (AvgIpc) is 2.43. The van der Waals surface area contributed by atoms with Gasteiger partial charge in [0.2, 0.25) is 0 Å². The predicted molar refractivity (Wildman–Crippen MR) is 74.1 cm³/mol. The van der Waals surface area contributed by atoms with E-state index >= 15 is 0 Å². The highest BCUT2D eigenvalue weighted by atomic mass is 19.1. The van der Waals surface area contributed by atoms with Crippen molar-refractivity contribution in [3.63, 3.8) is 0 Å². The van der Waals surface area contributed by atoms with Gasteiger partial charge in [0.25, 0.3) is 0 Å². The molecule has 0 bridgehead atoms. The third-order valence-corrected chi connectivity index (χ3v) is 2.90. The second-order valence-electron chi connectivity index (χ2n) is 4.37. The maximum absolute atomic E-state index is 13.4. The molecule has 0 aromatic heterocycles. The first-order valence-electron chi connectivity index (χ1n) is 5.85. The Morgan fingerprint density at radius 2 is 2.05 bits per heavy atom. The van der Waals surface area contributed by atoms with Crippen molar-refractivity contribution in [2.45, 2.75) is 6.54 Å². The molecule has 96 valence electrons. The molecule has 0 radical (unpaired) electrons. The van der Waals surface area contributed by atoms with Gasteiger partial charge in [0.05, 0.1) is 17.3 Å². The fraction of sp³-hybridized carbons (Fsp3) is 0.133. The van der Waals surface area contributed by atoms with Gasteiger partial charge in [0, 0.05) is 19.3 Å². The predicted octanol–water partition coefficient (Wildman–Crippen LogP) is 2.92. The summed E-state index contributed by atoms with van der Waals surface area (Å²) in [5.41, 5.74) is 7.94. The Morgan fingerprint density at radius 3 is 2.74 bits per heavy atom. The largest absolute Gasteiger partial charge is 0.396 e. The smallest absolute Gasteiger partial charge is 0.146 e. The van der Waals surface area contributed by atoms with Crippen LogP contribution >= 0.6 is 0 Å². The highest BCUT2D eigenvalue weighted by molar-refractivity contribution is 5.51. The lowest BCUT2D eigenvalue weighted by molar-refractivity contribution is 0.630. The number of halogens is 1. The molecule has 2 aromatic carbocycles. The number of nitrogens with two attached hydrogens (primary N) is 1. The van der Waals surface area contributed by atoms with Crippen molar-refractivity contribution in [3.8, 4) is 6.07 Å². The lowest BCUT2D eigenvalue weighted by Crippen LogP contribution is -2.16. The number of nitriles is 1. The van der Waals surface area contributed by atoms with Crippen molar-refractivity contribution in [1.29, 1.82) is 5.26 Å². The van der Waals surface area contributed by atoms with Crippen LogP contribution in [0.15, 0.2) is 42.5 Å². The third kappa shape index (κ3) is 3.02. The summed E-state index contributed by atoms with van der Waals surface area (Å²) >= 11 is 0. The van der Waals surface area contributed by atoms with Crippen molar-refractivity contribution < 1.29 is 4.39 Å². The van der Waals surface area contributed by atoms with E-state index in [2.05, 4.69) is 6.07 Å². The zero-order chi connectivity index (χ0) is 13.8. The first kappa shape index (κ1) is 12.9. The minimum absolute atomic E-state index is 0.151. The quantitative estimate of drug-likeness (QED) is 0.858. The van der Waals surface area contributed by atoms with E-state index in [1.165, 1.54) is 6.07 Å². The van der Waals surface area contributed by atoms with Crippen molar-refractivity contribution in [3.05, 3.63) is 59.4 Å². The molecule has 2 rings (SSSR count). The zero-order valence-electron chi connectivity index (χ0n) is 10.6. The van der Waals surface area contributed by atoms with E-state index in [0.717, 1.165) is 11.3 Å². The maximum atomic E-state index is 13.4. The molecule has 2 aromatic rings. The summed E-state index contributed by atoms with van der Waals surface area (Å²) in [5.74, 6) is -0.406. The number of hydrogen-bond donors (Lipinski definition) is 1. The Hall–Kier alpha value is -2.54. The number of anilines is 2. The number of nitrogen functional groups attached to an aromatic ring is 1.